The summed E-state index contributed by atoms with van der Waals surface area (Å²) in [7, 11) is 0. The standard InChI is InChI=1S/C16H19N/c1-3-4-11-17-13(2)15-10-9-14-7-5-6-8-16(14)12-15/h3,5-10,12-13,17H,1,4,11H2,2H3. The Morgan fingerprint density at radius 2 is 1.94 bits per heavy atom. The minimum atomic E-state index is 0.388. The highest BCUT2D eigenvalue weighted by atomic mass is 14.9. The molecule has 1 nitrogen and oxygen atoms in total. The summed E-state index contributed by atoms with van der Waals surface area (Å²) in [5.41, 5.74) is 1.34. The van der Waals surface area contributed by atoms with Gasteiger partial charge in [-0.25, -0.2) is 0 Å². The summed E-state index contributed by atoms with van der Waals surface area (Å²) in [5, 5.41) is 6.10. The minimum absolute atomic E-state index is 0.388. The fraction of sp³-hybridized carbons (Fsp3) is 0.250. The number of benzene rings is 2. The molecule has 0 aliphatic heterocycles. The van der Waals surface area contributed by atoms with Gasteiger partial charge in [0.1, 0.15) is 0 Å². The first-order valence-corrected chi connectivity index (χ1v) is 6.14. The van der Waals surface area contributed by atoms with Gasteiger partial charge in [-0.1, -0.05) is 42.5 Å². The Bertz CT molecular complexity index is 502. The van der Waals surface area contributed by atoms with Crippen molar-refractivity contribution in [3.8, 4) is 0 Å². The van der Waals surface area contributed by atoms with Crippen LogP contribution in [0, 0.1) is 0 Å². The molecule has 0 amide bonds. The van der Waals surface area contributed by atoms with Gasteiger partial charge in [-0.2, -0.15) is 0 Å². The highest BCUT2D eigenvalue weighted by molar-refractivity contribution is 5.83. The Kier molecular flexibility index (Phi) is 3.94. The quantitative estimate of drug-likeness (QED) is 0.597. The van der Waals surface area contributed by atoms with Crippen LogP contribution < -0.4 is 5.32 Å². The molecule has 2 aromatic carbocycles. The number of fused-ring (bicyclic) bond motifs is 1. The predicted molar refractivity (Wildman–Crippen MR) is 75.2 cm³/mol. The third-order valence-corrected chi connectivity index (χ3v) is 3.07. The molecule has 1 heteroatoms. The second-order valence-corrected chi connectivity index (χ2v) is 4.36. The average Bonchev–Trinajstić information content (AvgIpc) is 2.38. The van der Waals surface area contributed by atoms with Crippen molar-refractivity contribution in [3.63, 3.8) is 0 Å². The molecule has 1 atom stereocenters. The lowest BCUT2D eigenvalue weighted by Crippen LogP contribution is -2.19. The van der Waals surface area contributed by atoms with E-state index in [0.29, 0.717) is 6.04 Å². The van der Waals surface area contributed by atoms with Crippen molar-refractivity contribution in [2.24, 2.45) is 0 Å². The molecule has 0 aromatic heterocycles. The summed E-state index contributed by atoms with van der Waals surface area (Å²) >= 11 is 0. The van der Waals surface area contributed by atoms with Gasteiger partial charge < -0.3 is 5.32 Å². The van der Waals surface area contributed by atoms with Gasteiger partial charge in [-0.3, -0.25) is 0 Å². The van der Waals surface area contributed by atoms with Crippen LogP contribution in [-0.4, -0.2) is 6.54 Å². The van der Waals surface area contributed by atoms with E-state index in [2.05, 4.69) is 61.3 Å². The first-order valence-electron chi connectivity index (χ1n) is 6.14. The fourth-order valence-corrected chi connectivity index (χ4v) is 2.00. The summed E-state index contributed by atoms with van der Waals surface area (Å²) in [5.74, 6) is 0. The van der Waals surface area contributed by atoms with Crippen molar-refractivity contribution < 1.29 is 0 Å². The lowest BCUT2D eigenvalue weighted by atomic mass is 10.0. The van der Waals surface area contributed by atoms with Crippen LogP contribution in [0.25, 0.3) is 10.8 Å². The van der Waals surface area contributed by atoms with Crippen molar-refractivity contribution in [2.45, 2.75) is 19.4 Å². The van der Waals surface area contributed by atoms with Crippen molar-refractivity contribution in [1.82, 2.24) is 5.32 Å². The molecular weight excluding hydrogens is 206 g/mol. The zero-order valence-corrected chi connectivity index (χ0v) is 10.3. The zero-order chi connectivity index (χ0) is 12.1. The third-order valence-electron chi connectivity index (χ3n) is 3.07. The van der Waals surface area contributed by atoms with Crippen molar-refractivity contribution in [1.29, 1.82) is 0 Å². The van der Waals surface area contributed by atoms with Crippen molar-refractivity contribution in [3.05, 3.63) is 60.7 Å². The predicted octanol–water partition coefficient (Wildman–Crippen LogP) is 4.07. The maximum atomic E-state index is 3.73. The molecule has 0 fully saturated rings. The maximum absolute atomic E-state index is 3.73. The van der Waals surface area contributed by atoms with Crippen LogP contribution in [0.5, 0.6) is 0 Å². The van der Waals surface area contributed by atoms with Gasteiger partial charge >= 0.3 is 0 Å². The molecule has 0 aliphatic rings. The highest BCUT2D eigenvalue weighted by Gasteiger charge is 2.04. The number of rotatable bonds is 5. The molecule has 2 rings (SSSR count). The van der Waals surface area contributed by atoms with Crippen molar-refractivity contribution >= 4 is 10.8 Å². The van der Waals surface area contributed by atoms with Crippen LogP contribution in [0.15, 0.2) is 55.1 Å². The van der Waals surface area contributed by atoms with E-state index in [0.717, 1.165) is 13.0 Å². The fourth-order valence-electron chi connectivity index (χ4n) is 2.00. The molecule has 0 spiro atoms. The van der Waals surface area contributed by atoms with Gasteiger partial charge in [-0.15, -0.1) is 6.58 Å². The Balaban J connectivity index is 2.15. The molecule has 0 aliphatic carbocycles. The average molecular weight is 225 g/mol. The summed E-state index contributed by atoms with van der Waals surface area (Å²) in [6.45, 7) is 6.92. The topological polar surface area (TPSA) is 12.0 Å². The first-order chi connectivity index (χ1) is 8.31. The van der Waals surface area contributed by atoms with E-state index in [-0.39, 0.29) is 0 Å². The van der Waals surface area contributed by atoms with Gasteiger partial charge in [-0.05, 0) is 42.3 Å². The van der Waals surface area contributed by atoms with E-state index >= 15 is 0 Å². The van der Waals surface area contributed by atoms with Crippen LogP contribution in [-0.2, 0) is 0 Å². The van der Waals surface area contributed by atoms with Gasteiger partial charge in [0, 0.05) is 6.04 Å². The monoisotopic (exact) mass is 225 g/mol. The first kappa shape index (κ1) is 11.9. The van der Waals surface area contributed by atoms with Crippen LogP contribution >= 0.6 is 0 Å². The van der Waals surface area contributed by atoms with E-state index in [9.17, 15) is 0 Å². The van der Waals surface area contributed by atoms with Crippen LogP contribution in [0.4, 0.5) is 0 Å². The third kappa shape index (κ3) is 2.95. The lowest BCUT2D eigenvalue weighted by molar-refractivity contribution is 0.582. The van der Waals surface area contributed by atoms with Gasteiger partial charge in [0.05, 0.1) is 0 Å². The SMILES string of the molecule is C=CCCNC(C)c1ccc2ccccc2c1. The summed E-state index contributed by atoms with van der Waals surface area (Å²) in [6, 6.07) is 15.5. The van der Waals surface area contributed by atoms with Gasteiger partial charge in [0.2, 0.25) is 0 Å². The number of hydrogen-bond acceptors (Lipinski definition) is 1. The van der Waals surface area contributed by atoms with Crippen LogP contribution in [0.3, 0.4) is 0 Å². The maximum Gasteiger partial charge on any atom is 0.0292 e. The normalized spacial score (nSPS) is 12.5. The molecule has 0 radical (unpaired) electrons. The number of nitrogens with one attached hydrogen (secondary N) is 1. The molecule has 17 heavy (non-hydrogen) atoms. The van der Waals surface area contributed by atoms with Crippen LogP contribution in [0.1, 0.15) is 24.9 Å². The van der Waals surface area contributed by atoms with E-state index in [4.69, 9.17) is 0 Å². The van der Waals surface area contributed by atoms with E-state index in [1.54, 1.807) is 0 Å². The van der Waals surface area contributed by atoms with Crippen molar-refractivity contribution in [2.75, 3.05) is 6.54 Å². The Morgan fingerprint density at radius 3 is 2.71 bits per heavy atom. The van der Waals surface area contributed by atoms with E-state index in [1.807, 2.05) is 6.08 Å². The second-order valence-electron chi connectivity index (χ2n) is 4.36. The summed E-state index contributed by atoms with van der Waals surface area (Å²) in [4.78, 5) is 0. The smallest absolute Gasteiger partial charge is 0.0292 e. The molecule has 0 bridgehead atoms. The highest BCUT2D eigenvalue weighted by Crippen LogP contribution is 2.20. The molecule has 88 valence electrons. The minimum Gasteiger partial charge on any atom is -0.310 e. The Morgan fingerprint density at radius 1 is 1.18 bits per heavy atom. The molecule has 2 aromatic rings. The molecule has 1 unspecified atom stereocenters. The molecule has 0 heterocycles. The second kappa shape index (κ2) is 5.65. The van der Waals surface area contributed by atoms with E-state index < -0.39 is 0 Å². The molecule has 1 N–H and O–H groups in total. The zero-order valence-electron chi connectivity index (χ0n) is 10.3. The number of hydrogen-bond donors (Lipinski definition) is 1. The Hall–Kier alpha value is -1.60. The summed E-state index contributed by atoms with van der Waals surface area (Å²) < 4.78 is 0. The molecular formula is C16H19N. The van der Waals surface area contributed by atoms with E-state index in [1.165, 1.54) is 16.3 Å². The lowest BCUT2D eigenvalue weighted by Gasteiger charge is -2.14. The molecule has 0 saturated heterocycles. The molecule has 0 saturated carbocycles. The largest absolute Gasteiger partial charge is 0.310 e. The Labute approximate surface area is 103 Å². The van der Waals surface area contributed by atoms with Crippen LogP contribution in [0.2, 0.25) is 0 Å². The summed E-state index contributed by atoms with van der Waals surface area (Å²) in [6.07, 6.45) is 2.96. The van der Waals surface area contributed by atoms with Gasteiger partial charge in [0.15, 0.2) is 0 Å². The van der Waals surface area contributed by atoms with Gasteiger partial charge in [0.25, 0.3) is 0 Å².